The number of carbonyl (C=O) groups excluding carboxylic acids is 1. The van der Waals surface area contributed by atoms with Gasteiger partial charge in [-0.05, 0) is 63.8 Å². The number of benzene rings is 2. The summed E-state index contributed by atoms with van der Waals surface area (Å²) in [4.78, 5) is 22.0. The molecule has 30 heavy (non-hydrogen) atoms. The van der Waals surface area contributed by atoms with Crippen LogP contribution in [0.15, 0.2) is 30.3 Å². The summed E-state index contributed by atoms with van der Waals surface area (Å²) >= 11 is 7.83. The first-order valence-corrected chi connectivity index (χ1v) is 10.6. The first kappa shape index (κ1) is 22.6. The molecule has 1 aromatic heterocycles. The predicted octanol–water partition coefficient (Wildman–Crippen LogP) is 5.01. The average Bonchev–Trinajstić information content (AvgIpc) is 3.34. The minimum atomic E-state index is -0.116. The number of nitrogens with zero attached hydrogens (tertiary/aromatic N) is 3. The molecule has 3 aromatic rings. The van der Waals surface area contributed by atoms with Gasteiger partial charge in [-0.15, -0.1) is 12.4 Å². The number of thiazole rings is 1. The zero-order valence-corrected chi connectivity index (χ0v) is 19.4. The molecular formula is C21H23Cl2N3O3S. The number of fused-ring (bicyclic) bond motifs is 2. The molecule has 1 amide bonds. The topological polar surface area (TPSA) is 54.9 Å². The number of aryl methyl sites for hydroxylation is 1. The van der Waals surface area contributed by atoms with Crippen LogP contribution in [0.1, 0.15) is 22.3 Å². The van der Waals surface area contributed by atoms with Crippen LogP contribution in [-0.2, 0) is 0 Å². The highest BCUT2D eigenvalue weighted by Gasteiger charge is 2.24. The van der Waals surface area contributed by atoms with Crippen LogP contribution in [0.25, 0.3) is 10.2 Å². The third kappa shape index (κ3) is 4.49. The van der Waals surface area contributed by atoms with E-state index >= 15 is 0 Å². The summed E-state index contributed by atoms with van der Waals surface area (Å²) in [5, 5.41) is 1.30. The lowest BCUT2D eigenvalue weighted by Gasteiger charge is -2.21. The van der Waals surface area contributed by atoms with Gasteiger partial charge in [0.15, 0.2) is 16.6 Å². The molecule has 0 fully saturated rings. The largest absolute Gasteiger partial charge is 0.454 e. The van der Waals surface area contributed by atoms with Crippen LogP contribution < -0.4 is 14.4 Å². The van der Waals surface area contributed by atoms with Crippen molar-refractivity contribution in [1.82, 2.24) is 9.88 Å². The van der Waals surface area contributed by atoms with Gasteiger partial charge in [0.25, 0.3) is 5.91 Å². The normalized spacial score (nSPS) is 12.3. The summed E-state index contributed by atoms with van der Waals surface area (Å²) in [5.41, 5.74) is 2.42. The van der Waals surface area contributed by atoms with E-state index in [1.54, 1.807) is 23.1 Å². The van der Waals surface area contributed by atoms with E-state index < -0.39 is 0 Å². The van der Waals surface area contributed by atoms with Gasteiger partial charge in [-0.25, -0.2) is 4.98 Å². The van der Waals surface area contributed by atoms with Crippen LogP contribution in [0, 0.1) is 6.92 Å². The lowest BCUT2D eigenvalue weighted by atomic mass is 10.1. The second-order valence-electron chi connectivity index (χ2n) is 7.22. The number of ether oxygens (including phenoxy) is 2. The number of hydrogen-bond donors (Lipinski definition) is 0. The standard InChI is InChI=1S/C21H22ClN3O3S.ClH/c1-13-5-7-15(22)19-18(13)23-21(29-19)25(10-4-9-24(2)3)20(26)14-6-8-16-17(11-14)28-12-27-16;/h5-8,11H,4,9-10,12H2,1-3H3;1H. The summed E-state index contributed by atoms with van der Waals surface area (Å²) in [6.45, 7) is 3.60. The molecule has 0 unspecified atom stereocenters. The first-order valence-electron chi connectivity index (χ1n) is 9.36. The van der Waals surface area contributed by atoms with Crippen molar-refractivity contribution >= 4 is 56.6 Å². The summed E-state index contributed by atoms with van der Waals surface area (Å²) in [6, 6.07) is 9.09. The molecule has 1 aliphatic heterocycles. The van der Waals surface area contributed by atoms with Gasteiger partial charge in [-0.2, -0.15) is 0 Å². The Bertz CT molecular complexity index is 1030. The molecule has 0 radical (unpaired) electrons. The SMILES string of the molecule is Cc1ccc(Cl)c2sc(N(CCCN(C)C)C(=O)c3ccc4c(c3)OCO4)nc12.Cl. The van der Waals surface area contributed by atoms with E-state index in [1.165, 1.54) is 11.3 Å². The van der Waals surface area contributed by atoms with E-state index in [2.05, 4.69) is 4.90 Å². The maximum atomic E-state index is 13.4. The molecule has 0 N–H and O–H groups in total. The highest BCUT2D eigenvalue weighted by atomic mass is 35.5. The highest BCUT2D eigenvalue weighted by molar-refractivity contribution is 7.23. The predicted molar refractivity (Wildman–Crippen MR) is 124 cm³/mol. The Balaban J connectivity index is 0.00000256. The van der Waals surface area contributed by atoms with Crippen LogP contribution in [0.3, 0.4) is 0 Å². The Labute approximate surface area is 190 Å². The van der Waals surface area contributed by atoms with Crippen molar-refractivity contribution in [3.05, 3.63) is 46.5 Å². The lowest BCUT2D eigenvalue weighted by Crippen LogP contribution is -2.33. The fourth-order valence-corrected chi connectivity index (χ4v) is 4.56. The van der Waals surface area contributed by atoms with Gasteiger partial charge < -0.3 is 14.4 Å². The Morgan fingerprint density at radius 1 is 1.17 bits per heavy atom. The van der Waals surface area contributed by atoms with Crippen LogP contribution in [0.4, 0.5) is 5.13 Å². The van der Waals surface area contributed by atoms with E-state index in [9.17, 15) is 4.79 Å². The molecule has 0 atom stereocenters. The maximum Gasteiger partial charge on any atom is 0.260 e. The minimum Gasteiger partial charge on any atom is -0.454 e. The van der Waals surface area contributed by atoms with Crippen LogP contribution in [0.5, 0.6) is 11.5 Å². The van der Waals surface area contributed by atoms with Crippen LogP contribution in [0.2, 0.25) is 5.02 Å². The molecule has 2 aromatic carbocycles. The molecule has 6 nitrogen and oxygen atoms in total. The summed E-state index contributed by atoms with van der Waals surface area (Å²) < 4.78 is 11.7. The number of halogens is 2. The average molecular weight is 468 g/mol. The van der Waals surface area contributed by atoms with Crippen molar-refractivity contribution in [2.24, 2.45) is 0 Å². The number of amides is 1. The molecule has 0 aliphatic carbocycles. The van der Waals surface area contributed by atoms with Gasteiger partial charge in [0, 0.05) is 12.1 Å². The first-order chi connectivity index (χ1) is 13.9. The summed E-state index contributed by atoms with van der Waals surface area (Å²) in [7, 11) is 4.04. The van der Waals surface area contributed by atoms with E-state index in [1.807, 2.05) is 33.2 Å². The molecule has 2 heterocycles. The van der Waals surface area contributed by atoms with Crippen LogP contribution in [-0.4, -0.2) is 49.8 Å². The van der Waals surface area contributed by atoms with Gasteiger partial charge in [0.05, 0.1) is 15.2 Å². The van der Waals surface area contributed by atoms with Gasteiger partial charge >= 0.3 is 0 Å². The number of aromatic nitrogens is 1. The van der Waals surface area contributed by atoms with Gasteiger partial charge in [-0.3, -0.25) is 9.69 Å². The Hall–Kier alpha value is -2.06. The molecule has 0 saturated carbocycles. The second kappa shape index (κ2) is 9.39. The highest BCUT2D eigenvalue weighted by Crippen LogP contribution is 2.37. The van der Waals surface area contributed by atoms with Crippen molar-refractivity contribution in [1.29, 1.82) is 0 Å². The Morgan fingerprint density at radius 3 is 2.67 bits per heavy atom. The molecule has 0 spiro atoms. The van der Waals surface area contributed by atoms with Crippen molar-refractivity contribution < 1.29 is 14.3 Å². The smallest absolute Gasteiger partial charge is 0.260 e. The van der Waals surface area contributed by atoms with E-state index in [4.69, 9.17) is 26.1 Å². The van der Waals surface area contributed by atoms with Crippen LogP contribution >= 0.6 is 35.3 Å². The second-order valence-corrected chi connectivity index (χ2v) is 8.60. The molecular weight excluding hydrogens is 445 g/mol. The Kier molecular flexibility index (Phi) is 7.08. The third-order valence-electron chi connectivity index (χ3n) is 4.77. The zero-order valence-electron chi connectivity index (χ0n) is 17.0. The van der Waals surface area contributed by atoms with Crippen molar-refractivity contribution in [2.75, 3.05) is 38.9 Å². The zero-order chi connectivity index (χ0) is 20.5. The minimum absolute atomic E-state index is 0. The number of anilines is 1. The van der Waals surface area contributed by atoms with Gasteiger partial charge in [0.2, 0.25) is 6.79 Å². The monoisotopic (exact) mass is 467 g/mol. The quantitative estimate of drug-likeness (QED) is 0.509. The summed E-state index contributed by atoms with van der Waals surface area (Å²) in [6.07, 6.45) is 0.825. The van der Waals surface area contributed by atoms with Gasteiger partial charge in [-0.1, -0.05) is 29.0 Å². The number of hydrogen-bond acceptors (Lipinski definition) is 6. The van der Waals surface area contributed by atoms with E-state index in [0.717, 1.165) is 28.7 Å². The molecule has 4 rings (SSSR count). The molecule has 0 bridgehead atoms. The fourth-order valence-electron chi connectivity index (χ4n) is 3.22. The summed E-state index contributed by atoms with van der Waals surface area (Å²) in [5.74, 6) is 1.13. The lowest BCUT2D eigenvalue weighted by molar-refractivity contribution is 0.0985. The molecule has 160 valence electrons. The van der Waals surface area contributed by atoms with Crippen molar-refractivity contribution in [2.45, 2.75) is 13.3 Å². The van der Waals surface area contributed by atoms with Gasteiger partial charge in [0.1, 0.15) is 0 Å². The van der Waals surface area contributed by atoms with E-state index in [0.29, 0.717) is 33.8 Å². The molecule has 0 saturated heterocycles. The van der Waals surface area contributed by atoms with Crippen molar-refractivity contribution in [3.8, 4) is 11.5 Å². The number of carbonyl (C=O) groups is 1. The number of rotatable bonds is 6. The molecule has 9 heteroatoms. The van der Waals surface area contributed by atoms with Crippen molar-refractivity contribution in [3.63, 3.8) is 0 Å². The Morgan fingerprint density at radius 2 is 1.93 bits per heavy atom. The van der Waals surface area contributed by atoms with E-state index in [-0.39, 0.29) is 25.1 Å². The fraction of sp³-hybridized carbons (Fsp3) is 0.333. The molecule has 1 aliphatic rings. The third-order valence-corrected chi connectivity index (χ3v) is 6.31. The maximum absolute atomic E-state index is 13.4.